The zero-order valence-corrected chi connectivity index (χ0v) is 13.2. The highest BCUT2D eigenvalue weighted by Crippen LogP contribution is 2.31. The van der Waals surface area contributed by atoms with Crippen LogP contribution in [0.2, 0.25) is 0 Å². The van der Waals surface area contributed by atoms with Crippen molar-refractivity contribution in [3.8, 4) is 6.07 Å². The molecule has 0 aliphatic heterocycles. The van der Waals surface area contributed by atoms with Crippen LogP contribution in [-0.4, -0.2) is 19.5 Å². The third kappa shape index (κ3) is 3.42. The molecule has 0 N–H and O–H groups in total. The van der Waals surface area contributed by atoms with Crippen molar-refractivity contribution >= 4 is 17.4 Å². The quantitative estimate of drug-likeness (QED) is 0.523. The van der Waals surface area contributed by atoms with Gasteiger partial charge in [-0.25, -0.2) is 4.98 Å². The van der Waals surface area contributed by atoms with Crippen LogP contribution in [0.15, 0.2) is 65.0 Å². The second-order valence-electron chi connectivity index (χ2n) is 4.81. The van der Waals surface area contributed by atoms with Crippen molar-refractivity contribution in [1.29, 1.82) is 5.26 Å². The van der Waals surface area contributed by atoms with Crippen LogP contribution in [-0.2, 0) is 6.54 Å². The first-order valence-electron chi connectivity index (χ1n) is 6.95. The van der Waals surface area contributed by atoms with Gasteiger partial charge in [0, 0.05) is 35.6 Å². The molecular weight excluding hydrogens is 326 g/mol. The van der Waals surface area contributed by atoms with E-state index in [1.54, 1.807) is 18.5 Å². The molecule has 24 heavy (non-hydrogen) atoms. The molecular formula is C16H11N5O2S. The molecule has 0 saturated heterocycles. The van der Waals surface area contributed by atoms with Gasteiger partial charge < -0.3 is 4.57 Å². The summed E-state index contributed by atoms with van der Waals surface area (Å²) >= 11 is 1.29. The van der Waals surface area contributed by atoms with Gasteiger partial charge in [0.1, 0.15) is 6.07 Å². The molecule has 8 heteroatoms. The molecule has 0 radical (unpaired) electrons. The number of hydrogen-bond donors (Lipinski definition) is 0. The van der Waals surface area contributed by atoms with E-state index in [2.05, 4.69) is 9.97 Å². The van der Waals surface area contributed by atoms with Crippen molar-refractivity contribution in [2.45, 2.75) is 16.6 Å². The summed E-state index contributed by atoms with van der Waals surface area (Å²) in [4.78, 5) is 19.5. The summed E-state index contributed by atoms with van der Waals surface area (Å²) in [5, 5.41) is 20.7. The fraction of sp³-hybridized carbons (Fsp3) is 0.0625. The van der Waals surface area contributed by atoms with E-state index < -0.39 is 4.92 Å². The van der Waals surface area contributed by atoms with Crippen LogP contribution in [0, 0.1) is 21.4 Å². The molecule has 0 spiro atoms. The molecule has 2 aromatic heterocycles. The molecule has 0 bridgehead atoms. The molecule has 0 fully saturated rings. The molecule has 3 rings (SSSR count). The molecule has 7 nitrogen and oxygen atoms in total. The Morgan fingerprint density at radius 2 is 2.12 bits per heavy atom. The van der Waals surface area contributed by atoms with Gasteiger partial charge in [-0.3, -0.25) is 15.1 Å². The first-order valence-corrected chi connectivity index (χ1v) is 7.76. The Labute approximate surface area is 141 Å². The second kappa shape index (κ2) is 6.93. The van der Waals surface area contributed by atoms with Crippen LogP contribution < -0.4 is 0 Å². The molecule has 3 aromatic rings. The van der Waals surface area contributed by atoms with E-state index in [-0.39, 0.29) is 11.3 Å². The highest BCUT2D eigenvalue weighted by atomic mass is 32.2. The van der Waals surface area contributed by atoms with Crippen molar-refractivity contribution < 1.29 is 4.92 Å². The first-order chi connectivity index (χ1) is 11.7. The number of nitro groups is 1. The monoisotopic (exact) mass is 337 g/mol. The third-order valence-electron chi connectivity index (χ3n) is 3.23. The first kappa shape index (κ1) is 15.7. The largest absolute Gasteiger partial charge is 0.320 e. The summed E-state index contributed by atoms with van der Waals surface area (Å²) in [6.45, 7) is 0.554. The Balaban J connectivity index is 1.86. The zero-order chi connectivity index (χ0) is 16.9. The lowest BCUT2D eigenvalue weighted by molar-refractivity contribution is -0.384. The summed E-state index contributed by atoms with van der Waals surface area (Å²) in [7, 11) is 0. The van der Waals surface area contributed by atoms with E-state index in [0.717, 1.165) is 5.69 Å². The lowest BCUT2D eigenvalue weighted by Gasteiger charge is -2.08. The van der Waals surface area contributed by atoms with Crippen molar-refractivity contribution in [3.05, 3.63) is 76.4 Å². The molecule has 0 amide bonds. The Hall–Kier alpha value is -3.18. The van der Waals surface area contributed by atoms with Gasteiger partial charge in [0.2, 0.25) is 0 Å². The van der Waals surface area contributed by atoms with Gasteiger partial charge in [-0.1, -0.05) is 17.8 Å². The minimum Gasteiger partial charge on any atom is -0.320 e. The normalized spacial score (nSPS) is 10.3. The van der Waals surface area contributed by atoms with Crippen LogP contribution in [0.25, 0.3) is 0 Å². The number of nitro benzene ring substituents is 1. The lowest BCUT2D eigenvalue weighted by atomic mass is 10.2. The van der Waals surface area contributed by atoms with E-state index in [0.29, 0.717) is 16.6 Å². The smallest absolute Gasteiger partial charge is 0.270 e. The minimum absolute atomic E-state index is 0.104. The molecule has 118 valence electrons. The van der Waals surface area contributed by atoms with Crippen molar-refractivity contribution in [2.75, 3.05) is 0 Å². The number of rotatable bonds is 5. The highest BCUT2D eigenvalue weighted by molar-refractivity contribution is 7.99. The SMILES string of the molecule is N#Cc1cc([N+](=O)[O-])ccc1Sc1nccn1Cc1ccccn1. The minimum atomic E-state index is -0.517. The van der Waals surface area contributed by atoms with E-state index >= 15 is 0 Å². The number of nitrogens with zero attached hydrogens (tertiary/aromatic N) is 5. The van der Waals surface area contributed by atoms with E-state index in [1.165, 1.54) is 23.9 Å². The number of hydrogen-bond acceptors (Lipinski definition) is 6. The standard InChI is InChI=1S/C16H11N5O2S/c17-10-12-9-14(21(22)23)4-5-15(12)24-16-19-7-8-20(16)11-13-3-1-2-6-18-13/h1-9H,11H2. The van der Waals surface area contributed by atoms with E-state index in [9.17, 15) is 15.4 Å². The Morgan fingerprint density at radius 1 is 1.25 bits per heavy atom. The van der Waals surface area contributed by atoms with Gasteiger partial charge in [-0.05, 0) is 18.2 Å². The topological polar surface area (TPSA) is 97.6 Å². The van der Waals surface area contributed by atoms with Gasteiger partial charge in [0.15, 0.2) is 5.16 Å². The fourth-order valence-corrected chi connectivity index (χ4v) is 3.00. The Kier molecular flexibility index (Phi) is 4.54. The van der Waals surface area contributed by atoms with Gasteiger partial charge in [0.05, 0.1) is 22.7 Å². The van der Waals surface area contributed by atoms with Crippen LogP contribution in [0.5, 0.6) is 0 Å². The predicted molar refractivity (Wildman–Crippen MR) is 87.5 cm³/mol. The summed E-state index contributed by atoms with van der Waals surface area (Å²) < 4.78 is 1.91. The summed E-state index contributed by atoms with van der Waals surface area (Å²) in [6.07, 6.45) is 5.22. The fourth-order valence-electron chi connectivity index (χ4n) is 2.09. The number of nitriles is 1. The third-order valence-corrected chi connectivity index (χ3v) is 4.33. The number of imidazole rings is 1. The molecule has 2 heterocycles. The number of pyridine rings is 1. The maximum atomic E-state index is 10.8. The lowest BCUT2D eigenvalue weighted by Crippen LogP contribution is -2.02. The molecule has 0 atom stereocenters. The summed E-state index contributed by atoms with van der Waals surface area (Å²) in [6, 6.07) is 11.9. The average molecular weight is 337 g/mol. The van der Waals surface area contributed by atoms with Crippen molar-refractivity contribution in [3.63, 3.8) is 0 Å². The molecule has 1 aromatic carbocycles. The molecule has 0 aliphatic carbocycles. The Bertz CT molecular complexity index is 918. The molecule has 0 aliphatic rings. The molecule has 0 unspecified atom stereocenters. The van der Waals surface area contributed by atoms with Gasteiger partial charge in [0.25, 0.3) is 5.69 Å². The number of aromatic nitrogens is 3. The summed E-state index contributed by atoms with van der Waals surface area (Å²) in [5.41, 5.74) is 1.04. The second-order valence-corrected chi connectivity index (χ2v) is 5.82. The maximum Gasteiger partial charge on any atom is 0.270 e. The van der Waals surface area contributed by atoms with Crippen molar-refractivity contribution in [1.82, 2.24) is 14.5 Å². The zero-order valence-electron chi connectivity index (χ0n) is 12.4. The average Bonchev–Trinajstić information content (AvgIpc) is 3.02. The highest BCUT2D eigenvalue weighted by Gasteiger charge is 2.14. The summed E-state index contributed by atoms with van der Waals surface area (Å²) in [5.74, 6) is 0. The number of benzene rings is 1. The van der Waals surface area contributed by atoms with Crippen LogP contribution in [0.1, 0.15) is 11.3 Å². The van der Waals surface area contributed by atoms with Crippen LogP contribution in [0.4, 0.5) is 5.69 Å². The van der Waals surface area contributed by atoms with Gasteiger partial charge in [-0.2, -0.15) is 5.26 Å². The van der Waals surface area contributed by atoms with Gasteiger partial charge in [-0.15, -0.1) is 0 Å². The van der Waals surface area contributed by atoms with Gasteiger partial charge >= 0.3 is 0 Å². The van der Waals surface area contributed by atoms with E-state index in [4.69, 9.17) is 0 Å². The van der Waals surface area contributed by atoms with Crippen molar-refractivity contribution in [2.24, 2.45) is 0 Å². The molecule has 0 saturated carbocycles. The Morgan fingerprint density at radius 3 is 2.83 bits per heavy atom. The van der Waals surface area contributed by atoms with E-state index in [1.807, 2.05) is 35.0 Å². The van der Waals surface area contributed by atoms with Crippen LogP contribution >= 0.6 is 11.8 Å². The maximum absolute atomic E-state index is 10.8. The number of non-ortho nitro benzene ring substituents is 1. The van der Waals surface area contributed by atoms with Crippen LogP contribution in [0.3, 0.4) is 0 Å². The predicted octanol–water partition coefficient (Wildman–Crippen LogP) is 3.26.